The van der Waals surface area contributed by atoms with Crippen LogP contribution in [-0.4, -0.2) is 5.11 Å². The second-order valence-corrected chi connectivity index (χ2v) is 5.68. The number of rotatable bonds is 1. The smallest absolute Gasteiger partial charge is 0.154 e. The molecule has 1 aromatic carbocycles. The second-order valence-electron chi connectivity index (χ2n) is 4.82. The van der Waals surface area contributed by atoms with Crippen LogP contribution in [0.3, 0.4) is 0 Å². The molecule has 0 spiro atoms. The molecule has 3 heteroatoms. The van der Waals surface area contributed by atoms with Crippen molar-refractivity contribution < 1.29 is 9.52 Å². The highest BCUT2D eigenvalue weighted by atomic mass is 79.9. The third-order valence-corrected chi connectivity index (χ3v) is 4.31. The summed E-state index contributed by atoms with van der Waals surface area (Å²) in [6.45, 7) is 0. The van der Waals surface area contributed by atoms with Crippen molar-refractivity contribution in [2.24, 2.45) is 0 Å². The molecule has 1 heterocycles. The highest BCUT2D eigenvalue weighted by Gasteiger charge is 2.38. The van der Waals surface area contributed by atoms with E-state index in [4.69, 9.17) is 4.42 Å². The van der Waals surface area contributed by atoms with Crippen molar-refractivity contribution >= 4 is 15.9 Å². The summed E-state index contributed by atoms with van der Waals surface area (Å²) >= 11 is 3.46. The monoisotopic (exact) mass is 306 g/mol. The van der Waals surface area contributed by atoms with Crippen molar-refractivity contribution in [2.45, 2.75) is 31.3 Å². The number of hydrogen-bond donors (Lipinski definition) is 1. The van der Waals surface area contributed by atoms with Crippen LogP contribution in [0, 0.1) is 0 Å². The molecule has 0 saturated carbocycles. The highest BCUT2D eigenvalue weighted by molar-refractivity contribution is 9.10. The van der Waals surface area contributed by atoms with Crippen LogP contribution in [0.25, 0.3) is 0 Å². The van der Waals surface area contributed by atoms with Crippen LogP contribution in [0.15, 0.2) is 45.5 Å². The average molecular weight is 307 g/mol. The molecule has 0 aliphatic heterocycles. The van der Waals surface area contributed by atoms with E-state index in [2.05, 4.69) is 22.0 Å². The van der Waals surface area contributed by atoms with Gasteiger partial charge in [-0.2, -0.15) is 0 Å². The molecular formula is C15H15BrO2. The van der Waals surface area contributed by atoms with Crippen molar-refractivity contribution in [3.63, 3.8) is 0 Å². The Morgan fingerprint density at radius 2 is 2.00 bits per heavy atom. The zero-order chi connectivity index (χ0) is 12.6. The van der Waals surface area contributed by atoms with E-state index in [-0.39, 0.29) is 0 Å². The number of halogens is 1. The normalized spacial score (nSPS) is 23.4. The minimum absolute atomic E-state index is 0.622. The molecule has 0 amide bonds. The van der Waals surface area contributed by atoms with Crippen LogP contribution < -0.4 is 0 Å². The van der Waals surface area contributed by atoms with E-state index in [1.807, 2.05) is 24.3 Å². The number of aryl methyl sites for hydroxylation is 1. The fraction of sp³-hybridized carbons (Fsp3) is 0.333. The molecule has 1 aliphatic carbocycles. The third-order valence-electron chi connectivity index (χ3n) is 3.69. The minimum atomic E-state index is -1.00. The first-order valence-corrected chi connectivity index (χ1v) is 7.05. The number of hydrogen-bond acceptors (Lipinski definition) is 2. The largest absolute Gasteiger partial charge is 0.465 e. The first-order chi connectivity index (χ1) is 8.72. The lowest BCUT2D eigenvalue weighted by Gasteiger charge is -2.27. The standard InChI is InChI=1S/C15H15BrO2/c16-13-8-10-18-14(13)15(17)9-4-3-6-11-5-1-2-7-12(11)15/h1-2,5,7-8,10,17H,3-4,6,9H2. The molecule has 2 aromatic rings. The minimum Gasteiger partial charge on any atom is -0.465 e. The zero-order valence-electron chi connectivity index (χ0n) is 10.0. The van der Waals surface area contributed by atoms with Crippen LogP contribution in [0.2, 0.25) is 0 Å². The molecule has 0 saturated heterocycles. The Kier molecular flexibility index (Phi) is 3.04. The summed E-state index contributed by atoms with van der Waals surface area (Å²) < 4.78 is 6.36. The van der Waals surface area contributed by atoms with Gasteiger partial charge in [0, 0.05) is 0 Å². The molecular weight excluding hydrogens is 292 g/mol. The maximum absolute atomic E-state index is 11.1. The predicted molar refractivity (Wildman–Crippen MR) is 73.4 cm³/mol. The summed E-state index contributed by atoms with van der Waals surface area (Å²) in [5, 5.41) is 11.1. The number of aliphatic hydroxyl groups is 1. The van der Waals surface area contributed by atoms with E-state index in [0.717, 1.165) is 29.3 Å². The third kappa shape index (κ3) is 1.82. The van der Waals surface area contributed by atoms with E-state index in [1.54, 1.807) is 6.26 Å². The quantitative estimate of drug-likeness (QED) is 0.808. The van der Waals surface area contributed by atoms with Gasteiger partial charge in [0.15, 0.2) is 5.76 Å². The molecule has 0 bridgehead atoms. The lowest BCUT2D eigenvalue weighted by molar-refractivity contribution is 0.0463. The van der Waals surface area contributed by atoms with Crippen molar-refractivity contribution in [1.82, 2.24) is 0 Å². The Bertz CT molecular complexity index is 561. The van der Waals surface area contributed by atoms with Gasteiger partial charge in [-0.15, -0.1) is 0 Å². The topological polar surface area (TPSA) is 33.4 Å². The van der Waals surface area contributed by atoms with E-state index in [0.29, 0.717) is 12.2 Å². The molecule has 0 fully saturated rings. The number of furan rings is 1. The Labute approximate surface area is 115 Å². The Hall–Kier alpha value is -1.06. The van der Waals surface area contributed by atoms with Crippen molar-refractivity contribution in [2.75, 3.05) is 0 Å². The second kappa shape index (κ2) is 4.56. The van der Waals surface area contributed by atoms with Gasteiger partial charge in [-0.3, -0.25) is 0 Å². The molecule has 1 N–H and O–H groups in total. The Morgan fingerprint density at radius 3 is 2.78 bits per heavy atom. The summed E-state index contributed by atoms with van der Waals surface area (Å²) in [7, 11) is 0. The summed E-state index contributed by atoms with van der Waals surface area (Å²) in [6.07, 6.45) is 5.45. The van der Waals surface area contributed by atoms with E-state index in [1.165, 1.54) is 5.56 Å². The molecule has 1 atom stereocenters. The van der Waals surface area contributed by atoms with Gasteiger partial charge in [0.25, 0.3) is 0 Å². The molecule has 1 unspecified atom stereocenters. The number of fused-ring (bicyclic) bond motifs is 1. The predicted octanol–water partition coefficient (Wildman–Crippen LogP) is 4.00. The Balaban J connectivity index is 2.19. The molecule has 1 aliphatic rings. The zero-order valence-corrected chi connectivity index (χ0v) is 11.6. The summed E-state index contributed by atoms with van der Waals surface area (Å²) in [6, 6.07) is 9.95. The van der Waals surface area contributed by atoms with Crippen molar-refractivity contribution in [3.8, 4) is 0 Å². The van der Waals surface area contributed by atoms with Gasteiger partial charge < -0.3 is 9.52 Å². The first-order valence-electron chi connectivity index (χ1n) is 6.26. The fourth-order valence-corrected chi connectivity index (χ4v) is 3.33. The van der Waals surface area contributed by atoms with E-state index in [9.17, 15) is 5.11 Å². The highest BCUT2D eigenvalue weighted by Crippen LogP contribution is 2.42. The Morgan fingerprint density at radius 1 is 1.17 bits per heavy atom. The van der Waals surface area contributed by atoms with E-state index < -0.39 is 5.60 Å². The van der Waals surface area contributed by atoms with Crippen molar-refractivity contribution in [3.05, 3.63) is 58.0 Å². The molecule has 18 heavy (non-hydrogen) atoms. The first kappa shape index (κ1) is 12.0. The maximum atomic E-state index is 11.1. The van der Waals surface area contributed by atoms with Gasteiger partial charge in [0.05, 0.1) is 10.7 Å². The summed E-state index contributed by atoms with van der Waals surface area (Å²) in [5.74, 6) is 0.622. The van der Waals surface area contributed by atoms with Gasteiger partial charge in [-0.05, 0) is 58.8 Å². The van der Waals surface area contributed by atoms with Crippen LogP contribution >= 0.6 is 15.9 Å². The summed E-state index contributed by atoms with van der Waals surface area (Å²) in [5.41, 5.74) is 1.20. The van der Waals surface area contributed by atoms with Gasteiger partial charge in [-0.25, -0.2) is 0 Å². The number of benzene rings is 1. The van der Waals surface area contributed by atoms with E-state index >= 15 is 0 Å². The SMILES string of the molecule is OC1(c2occc2Br)CCCCc2ccccc21. The lowest BCUT2D eigenvalue weighted by Crippen LogP contribution is -2.27. The van der Waals surface area contributed by atoms with Crippen LogP contribution in [0.5, 0.6) is 0 Å². The molecule has 0 radical (unpaired) electrons. The van der Waals surface area contributed by atoms with Gasteiger partial charge in [-0.1, -0.05) is 24.3 Å². The van der Waals surface area contributed by atoms with Crippen LogP contribution in [-0.2, 0) is 12.0 Å². The van der Waals surface area contributed by atoms with Gasteiger partial charge in [0.2, 0.25) is 0 Å². The molecule has 2 nitrogen and oxygen atoms in total. The lowest BCUT2D eigenvalue weighted by atomic mass is 9.86. The molecule has 94 valence electrons. The van der Waals surface area contributed by atoms with Crippen LogP contribution in [0.4, 0.5) is 0 Å². The van der Waals surface area contributed by atoms with Gasteiger partial charge in [0.1, 0.15) is 5.60 Å². The van der Waals surface area contributed by atoms with Crippen molar-refractivity contribution in [1.29, 1.82) is 0 Å². The maximum Gasteiger partial charge on any atom is 0.154 e. The molecule has 3 rings (SSSR count). The summed E-state index contributed by atoms with van der Waals surface area (Å²) in [4.78, 5) is 0. The van der Waals surface area contributed by atoms with Gasteiger partial charge >= 0.3 is 0 Å². The average Bonchev–Trinajstić information content (AvgIpc) is 2.74. The fourth-order valence-electron chi connectivity index (χ4n) is 2.80. The molecule has 1 aromatic heterocycles. The van der Waals surface area contributed by atoms with Crippen LogP contribution in [0.1, 0.15) is 36.1 Å².